The van der Waals surface area contributed by atoms with E-state index in [0.717, 1.165) is 17.1 Å². The average molecular weight is 372 g/mol. The van der Waals surface area contributed by atoms with Gasteiger partial charge in [-0.3, -0.25) is 4.79 Å². The number of nitrogens with two attached hydrogens (primary N) is 1. The van der Waals surface area contributed by atoms with Crippen molar-refractivity contribution in [3.8, 4) is 0 Å². The molecule has 6 heteroatoms. The number of urea groups is 1. The van der Waals surface area contributed by atoms with E-state index >= 15 is 0 Å². The summed E-state index contributed by atoms with van der Waals surface area (Å²) in [5.41, 5.74) is 8.69. The van der Waals surface area contributed by atoms with Crippen LogP contribution >= 0.6 is 11.8 Å². The molecule has 0 aliphatic carbocycles. The average Bonchev–Trinajstić information content (AvgIpc) is 2.63. The number of carbonyl (C=O) groups excluding carboxylic acids is 2. The first-order valence-electron chi connectivity index (χ1n) is 8.55. The van der Waals surface area contributed by atoms with Crippen molar-refractivity contribution in [2.45, 2.75) is 25.1 Å². The number of rotatable bonds is 9. The van der Waals surface area contributed by atoms with Gasteiger partial charge in [0, 0.05) is 24.5 Å². The Hall–Kier alpha value is -2.47. The molecule has 0 bridgehead atoms. The van der Waals surface area contributed by atoms with Crippen molar-refractivity contribution < 1.29 is 9.59 Å². The highest BCUT2D eigenvalue weighted by Crippen LogP contribution is 2.12. The van der Waals surface area contributed by atoms with Gasteiger partial charge in [-0.05, 0) is 18.1 Å². The molecule has 0 radical (unpaired) electrons. The summed E-state index contributed by atoms with van der Waals surface area (Å²) in [6, 6.07) is 16.6. The summed E-state index contributed by atoms with van der Waals surface area (Å²) in [6.07, 6.45) is 0.409. The molecule has 0 aliphatic rings. The second-order valence-corrected chi connectivity index (χ2v) is 7.19. The molecule has 0 fully saturated rings. The lowest BCUT2D eigenvalue weighted by molar-refractivity contribution is -0.122. The van der Waals surface area contributed by atoms with E-state index in [4.69, 9.17) is 5.73 Å². The molecule has 1 unspecified atom stereocenters. The van der Waals surface area contributed by atoms with Gasteiger partial charge in [0.1, 0.15) is 6.04 Å². The summed E-state index contributed by atoms with van der Waals surface area (Å²) in [4.78, 5) is 23.6. The van der Waals surface area contributed by atoms with Gasteiger partial charge in [0.15, 0.2) is 0 Å². The van der Waals surface area contributed by atoms with Crippen molar-refractivity contribution in [3.63, 3.8) is 0 Å². The molecule has 0 aliphatic heterocycles. The first-order chi connectivity index (χ1) is 12.5. The minimum absolute atomic E-state index is 0.219. The minimum Gasteiger partial charge on any atom is -0.353 e. The number of thioether (sulfide) groups is 1. The fourth-order valence-electron chi connectivity index (χ4n) is 2.47. The van der Waals surface area contributed by atoms with Gasteiger partial charge in [-0.15, -0.1) is 0 Å². The molecule has 4 N–H and O–H groups in total. The van der Waals surface area contributed by atoms with Crippen molar-refractivity contribution in [3.05, 3.63) is 71.3 Å². The van der Waals surface area contributed by atoms with Gasteiger partial charge in [-0.25, -0.2) is 4.79 Å². The van der Waals surface area contributed by atoms with Gasteiger partial charge < -0.3 is 16.4 Å². The molecule has 0 spiro atoms. The third kappa shape index (κ3) is 7.19. The van der Waals surface area contributed by atoms with Crippen LogP contribution < -0.4 is 16.4 Å². The molecule has 138 valence electrons. The smallest absolute Gasteiger partial charge is 0.312 e. The molecule has 2 aromatic carbocycles. The predicted octanol–water partition coefficient (Wildman–Crippen LogP) is 2.62. The van der Waals surface area contributed by atoms with Crippen LogP contribution in [-0.4, -0.2) is 30.3 Å². The highest BCUT2D eigenvalue weighted by Gasteiger charge is 2.19. The van der Waals surface area contributed by atoms with Crippen molar-refractivity contribution in [2.75, 3.05) is 12.3 Å². The van der Waals surface area contributed by atoms with Gasteiger partial charge in [-0.1, -0.05) is 60.2 Å². The number of primary amides is 1. The van der Waals surface area contributed by atoms with E-state index in [2.05, 4.69) is 41.8 Å². The van der Waals surface area contributed by atoms with E-state index in [1.165, 1.54) is 11.1 Å². The first-order valence-corrected chi connectivity index (χ1v) is 9.71. The summed E-state index contributed by atoms with van der Waals surface area (Å²) < 4.78 is 0. The maximum Gasteiger partial charge on any atom is 0.312 e. The van der Waals surface area contributed by atoms with E-state index < -0.39 is 12.1 Å². The van der Waals surface area contributed by atoms with Gasteiger partial charge in [-0.2, -0.15) is 11.8 Å². The fraction of sp³-hybridized carbons (Fsp3) is 0.300. The quantitative estimate of drug-likeness (QED) is 0.593. The molecule has 0 aromatic heterocycles. The lowest BCUT2D eigenvalue weighted by atomic mass is 10.1. The lowest BCUT2D eigenvalue weighted by Gasteiger charge is -2.17. The number of carbonyl (C=O) groups is 2. The Morgan fingerprint density at radius 2 is 1.73 bits per heavy atom. The van der Waals surface area contributed by atoms with Crippen molar-refractivity contribution in [1.29, 1.82) is 0 Å². The topological polar surface area (TPSA) is 84.2 Å². The van der Waals surface area contributed by atoms with E-state index in [-0.39, 0.29) is 5.91 Å². The molecule has 0 heterocycles. The normalized spacial score (nSPS) is 11.6. The Labute approximate surface area is 158 Å². The van der Waals surface area contributed by atoms with Crippen LogP contribution in [0.1, 0.15) is 16.7 Å². The van der Waals surface area contributed by atoms with Crippen molar-refractivity contribution in [2.24, 2.45) is 5.73 Å². The molecular weight excluding hydrogens is 346 g/mol. The van der Waals surface area contributed by atoms with E-state index in [0.29, 0.717) is 13.0 Å². The molecule has 1 atom stereocenters. The maximum atomic E-state index is 12.4. The van der Waals surface area contributed by atoms with Crippen LogP contribution in [0.15, 0.2) is 54.6 Å². The predicted molar refractivity (Wildman–Crippen MR) is 107 cm³/mol. The van der Waals surface area contributed by atoms with Crippen molar-refractivity contribution >= 4 is 23.7 Å². The summed E-state index contributed by atoms with van der Waals surface area (Å²) in [7, 11) is 0. The fourth-order valence-corrected chi connectivity index (χ4v) is 3.29. The van der Waals surface area contributed by atoms with Gasteiger partial charge in [0.25, 0.3) is 0 Å². The van der Waals surface area contributed by atoms with Crippen LogP contribution in [0.2, 0.25) is 0 Å². The van der Waals surface area contributed by atoms with E-state index in [9.17, 15) is 9.59 Å². The van der Waals surface area contributed by atoms with E-state index in [1.54, 1.807) is 11.8 Å². The molecule has 2 rings (SSSR count). The molecule has 3 amide bonds. The minimum atomic E-state index is -0.699. The summed E-state index contributed by atoms with van der Waals surface area (Å²) in [5.74, 6) is 1.49. The Balaban J connectivity index is 1.75. The second kappa shape index (κ2) is 10.5. The first kappa shape index (κ1) is 19.8. The molecule has 0 saturated heterocycles. The molecular formula is C20H25N3O2S. The number of hydrogen-bond acceptors (Lipinski definition) is 3. The molecule has 2 aromatic rings. The largest absolute Gasteiger partial charge is 0.353 e. The van der Waals surface area contributed by atoms with Crippen LogP contribution in [0.3, 0.4) is 0 Å². The third-order valence-electron chi connectivity index (χ3n) is 3.85. The molecule has 5 nitrogen and oxygen atoms in total. The van der Waals surface area contributed by atoms with Gasteiger partial charge in [0.05, 0.1) is 0 Å². The number of amides is 3. The van der Waals surface area contributed by atoms with Gasteiger partial charge in [0.2, 0.25) is 5.91 Å². The Morgan fingerprint density at radius 3 is 2.38 bits per heavy atom. The zero-order valence-electron chi connectivity index (χ0n) is 14.9. The summed E-state index contributed by atoms with van der Waals surface area (Å²) >= 11 is 1.76. The van der Waals surface area contributed by atoms with E-state index in [1.807, 2.05) is 30.3 Å². The maximum absolute atomic E-state index is 12.4. The van der Waals surface area contributed by atoms with Crippen LogP contribution in [-0.2, 0) is 17.0 Å². The summed E-state index contributed by atoms with van der Waals surface area (Å²) in [5, 5.41) is 5.39. The standard InChI is InChI=1S/C20H25N3O2S/c1-15-7-9-17(10-8-15)14-26-12-11-22-19(24)18(23-20(21)25)13-16-5-3-2-4-6-16/h2-10,18H,11-14H2,1H3,(H,22,24)(H3,21,23,25). The van der Waals surface area contributed by atoms with Crippen LogP contribution in [0.4, 0.5) is 4.79 Å². The third-order valence-corrected chi connectivity index (χ3v) is 4.88. The second-order valence-electron chi connectivity index (χ2n) is 6.08. The monoisotopic (exact) mass is 371 g/mol. The van der Waals surface area contributed by atoms with Gasteiger partial charge >= 0.3 is 6.03 Å². The zero-order chi connectivity index (χ0) is 18.8. The number of benzene rings is 2. The van der Waals surface area contributed by atoms with Crippen LogP contribution in [0.5, 0.6) is 0 Å². The molecule has 26 heavy (non-hydrogen) atoms. The zero-order valence-corrected chi connectivity index (χ0v) is 15.7. The Morgan fingerprint density at radius 1 is 1.04 bits per heavy atom. The number of nitrogens with one attached hydrogen (secondary N) is 2. The number of aryl methyl sites for hydroxylation is 1. The van der Waals surface area contributed by atoms with Crippen LogP contribution in [0, 0.1) is 6.92 Å². The summed E-state index contributed by atoms with van der Waals surface area (Å²) in [6.45, 7) is 2.61. The number of hydrogen-bond donors (Lipinski definition) is 3. The highest BCUT2D eigenvalue weighted by molar-refractivity contribution is 7.98. The Kier molecular flexibility index (Phi) is 8.02. The lowest BCUT2D eigenvalue weighted by Crippen LogP contribution is -2.50. The Bertz CT molecular complexity index is 705. The highest BCUT2D eigenvalue weighted by atomic mass is 32.2. The van der Waals surface area contributed by atoms with Crippen molar-refractivity contribution in [1.82, 2.24) is 10.6 Å². The molecule has 0 saturated carbocycles. The SMILES string of the molecule is Cc1ccc(CSCCNC(=O)C(Cc2ccccc2)NC(N)=O)cc1. The van der Waals surface area contributed by atoms with Crippen LogP contribution in [0.25, 0.3) is 0 Å².